The van der Waals surface area contributed by atoms with Gasteiger partial charge in [0.05, 0.1) is 5.56 Å². The first-order valence-corrected chi connectivity index (χ1v) is 7.64. The number of rotatable bonds is 4. The first kappa shape index (κ1) is 15.7. The maximum absolute atomic E-state index is 12.2. The lowest BCUT2D eigenvalue weighted by Crippen LogP contribution is -2.13. The zero-order chi connectivity index (χ0) is 16.9. The number of nitrogens with zero attached hydrogens (tertiary/aromatic N) is 2. The van der Waals surface area contributed by atoms with Crippen LogP contribution in [0, 0.1) is 13.8 Å². The van der Waals surface area contributed by atoms with E-state index in [4.69, 9.17) is 0 Å². The largest absolute Gasteiger partial charge is 0.324 e. The van der Waals surface area contributed by atoms with E-state index >= 15 is 0 Å². The third-order valence-electron chi connectivity index (χ3n) is 3.46. The van der Waals surface area contributed by atoms with Gasteiger partial charge in [0.2, 0.25) is 5.95 Å². The van der Waals surface area contributed by atoms with Crippen molar-refractivity contribution in [2.24, 2.45) is 0 Å². The molecule has 1 aromatic heterocycles. The molecule has 0 saturated heterocycles. The molecule has 0 unspecified atom stereocenters. The molecular weight excluding hydrogens is 300 g/mol. The van der Waals surface area contributed by atoms with E-state index in [1.54, 1.807) is 0 Å². The number of aryl methyl sites for hydroxylation is 2. The van der Waals surface area contributed by atoms with Crippen LogP contribution < -0.4 is 10.6 Å². The Kier molecular flexibility index (Phi) is 4.52. The molecule has 120 valence electrons. The Labute approximate surface area is 140 Å². The van der Waals surface area contributed by atoms with Crippen LogP contribution in [0.1, 0.15) is 21.5 Å². The van der Waals surface area contributed by atoms with E-state index in [0.717, 1.165) is 22.5 Å². The van der Waals surface area contributed by atoms with Crippen LogP contribution >= 0.6 is 0 Å². The number of hydrogen-bond donors (Lipinski definition) is 2. The number of carbonyl (C=O) groups excluding carboxylic acids is 1. The van der Waals surface area contributed by atoms with Gasteiger partial charge < -0.3 is 10.6 Å². The maximum atomic E-state index is 12.2. The average molecular weight is 318 g/mol. The Morgan fingerprint density at radius 1 is 0.875 bits per heavy atom. The molecule has 5 nitrogen and oxygen atoms in total. The van der Waals surface area contributed by atoms with Crippen molar-refractivity contribution >= 4 is 23.2 Å². The van der Waals surface area contributed by atoms with Crippen molar-refractivity contribution in [3.8, 4) is 0 Å². The molecule has 1 amide bonds. The minimum Gasteiger partial charge on any atom is -0.324 e. The van der Waals surface area contributed by atoms with Crippen LogP contribution in [-0.4, -0.2) is 15.9 Å². The SMILES string of the molecule is Cc1cccc(NC(=O)c2cnc(Nc3cccc(C)c3)nc2)c1. The second-order valence-electron chi connectivity index (χ2n) is 5.61. The maximum Gasteiger partial charge on any atom is 0.258 e. The lowest BCUT2D eigenvalue weighted by atomic mass is 10.2. The molecule has 24 heavy (non-hydrogen) atoms. The smallest absolute Gasteiger partial charge is 0.258 e. The Hall–Kier alpha value is -3.21. The molecule has 0 aliphatic heterocycles. The molecule has 0 radical (unpaired) electrons. The van der Waals surface area contributed by atoms with Crippen LogP contribution in [0.15, 0.2) is 60.9 Å². The zero-order valence-electron chi connectivity index (χ0n) is 13.6. The van der Waals surface area contributed by atoms with E-state index in [0.29, 0.717) is 11.5 Å². The third-order valence-corrected chi connectivity index (χ3v) is 3.46. The van der Waals surface area contributed by atoms with E-state index < -0.39 is 0 Å². The van der Waals surface area contributed by atoms with Gasteiger partial charge in [-0.3, -0.25) is 4.79 Å². The minimum atomic E-state index is -0.234. The van der Waals surface area contributed by atoms with Gasteiger partial charge in [0.1, 0.15) is 0 Å². The molecule has 2 aromatic carbocycles. The van der Waals surface area contributed by atoms with Crippen LogP contribution in [0.2, 0.25) is 0 Å². The van der Waals surface area contributed by atoms with Crippen LogP contribution in [0.5, 0.6) is 0 Å². The van der Waals surface area contributed by atoms with Crippen molar-refractivity contribution in [2.75, 3.05) is 10.6 Å². The number of nitrogens with one attached hydrogen (secondary N) is 2. The highest BCUT2D eigenvalue weighted by atomic mass is 16.1. The Balaban J connectivity index is 1.68. The Morgan fingerprint density at radius 3 is 2.08 bits per heavy atom. The van der Waals surface area contributed by atoms with Gasteiger partial charge in [-0.2, -0.15) is 0 Å². The summed E-state index contributed by atoms with van der Waals surface area (Å²) in [5.74, 6) is 0.218. The summed E-state index contributed by atoms with van der Waals surface area (Å²) >= 11 is 0. The highest BCUT2D eigenvalue weighted by molar-refractivity contribution is 6.03. The molecule has 0 bridgehead atoms. The summed E-state index contributed by atoms with van der Waals surface area (Å²) in [6, 6.07) is 15.6. The highest BCUT2D eigenvalue weighted by Crippen LogP contribution is 2.15. The van der Waals surface area contributed by atoms with Crippen LogP contribution in [-0.2, 0) is 0 Å². The number of aromatic nitrogens is 2. The molecule has 0 spiro atoms. The second-order valence-corrected chi connectivity index (χ2v) is 5.61. The quantitative estimate of drug-likeness (QED) is 0.760. The number of anilines is 3. The lowest BCUT2D eigenvalue weighted by Gasteiger charge is -2.07. The molecule has 0 aliphatic rings. The molecule has 0 saturated carbocycles. The van der Waals surface area contributed by atoms with Crippen LogP contribution in [0.25, 0.3) is 0 Å². The van der Waals surface area contributed by atoms with Crippen molar-refractivity contribution in [3.63, 3.8) is 0 Å². The van der Waals surface area contributed by atoms with E-state index in [1.807, 2.05) is 62.4 Å². The number of amides is 1. The van der Waals surface area contributed by atoms with Gasteiger partial charge in [0.25, 0.3) is 5.91 Å². The normalized spacial score (nSPS) is 10.2. The van der Waals surface area contributed by atoms with Gasteiger partial charge in [-0.25, -0.2) is 9.97 Å². The standard InChI is InChI=1S/C19H18N4O/c1-13-5-3-7-16(9-13)22-18(24)15-11-20-19(21-12-15)23-17-8-4-6-14(2)10-17/h3-12H,1-2H3,(H,22,24)(H,20,21,23). The van der Waals surface area contributed by atoms with Crippen LogP contribution in [0.4, 0.5) is 17.3 Å². The van der Waals surface area contributed by atoms with Gasteiger partial charge in [0, 0.05) is 23.8 Å². The fourth-order valence-corrected chi connectivity index (χ4v) is 2.29. The number of hydrogen-bond acceptors (Lipinski definition) is 4. The summed E-state index contributed by atoms with van der Waals surface area (Å²) in [6.45, 7) is 4.00. The van der Waals surface area contributed by atoms with Crippen molar-refractivity contribution in [3.05, 3.63) is 77.6 Å². The van der Waals surface area contributed by atoms with Crippen molar-refractivity contribution in [2.45, 2.75) is 13.8 Å². The monoisotopic (exact) mass is 318 g/mol. The van der Waals surface area contributed by atoms with Gasteiger partial charge in [0.15, 0.2) is 0 Å². The molecule has 0 aliphatic carbocycles. The molecule has 0 fully saturated rings. The van der Waals surface area contributed by atoms with Gasteiger partial charge in [-0.05, 0) is 49.2 Å². The average Bonchev–Trinajstić information content (AvgIpc) is 2.55. The van der Waals surface area contributed by atoms with Gasteiger partial charge in [-0.1, -0.05) is 24.3 Å². The lowest BCUT2D eigenvalue weighted by molar-refractivity contribution is 0.102. The Morgan fingerprint density at radius 2 is 1.46 bits per heavy atom. The fourth-order valence-electron chi connectivity index (χ4n) is 2.29. The molecule has 2 N–H and O–H groups in total. The Bertz CT molecular complexity index is 859. The van der Waals surface area contributed by atoms with Crippen molar-refractivity contribution in [1.29, 1.82) is 0 Å². The second kappa shape index (κ2) is 6.91. The van der Waals surface area contributed by atoms with E-state index in [9.17, 15) is 4.79 Å². The molecular formula is C19H18N4O. The first-order chi connectivity index (χ1) is 11.6. The van der Waals surface area contributed by atoms with E-state index in [-0.39, 0.29) is 5.91 Å². The highest BCUT2D eigenvalue weighted by Gasteiger charge is 2.08. The summed E-state index contributed by atoms with van der Waals surface area (Å²) < 4.78 is 0. The molecule has 1 heterocycles. The summed E-state index contributed by atoms with van der Waals surface area (Å²) in [7, 11) is 0. The topological polar surface area (TPSA) is 66.9 Å². The van der Waals surface area contributed by atoms with Gasteiger partial charge >= 0.3 is 0 Å². The molecule has 5 heteroatoms. The summed E-state index contributed by atoms with van der Waals surface area (Å²) in [5, 5.41) is 5.95. The van der Waals surface area contributed by atoms with E-state index in [1.165, 1.54) is 12.4 Å². The fraction of sp³-hybridized carbons (Fsp3) is 0.105. The minimum absolute atomic E-state index is 0.234. The predicted octanol–water partition coefficient (Wildman–Crippen LogP) is 4.09. The van der Waals surface area contributed by atoms with E-state index in [2.05, 4.69) is 20.6 Å². The molecule has 3 aromatic rings. The van der Waals surface area contributed by atoms with Crippen molar-refractivity contribution in [1.82, 2.24) is 9.97 Å². The predicted molar refractivity (Wildman–Crippen MR) is 95.6 cm³/mol. The summed E-state index contributed by atoms with van der Waals surface area (Å²) in [6.07, 6.45) is 3.02. The zero-order valence-corrected chi connectivity index (χ0v) is 13.6. The summed E-state index contributed by atoms with van der Waals surface area (Å²) in [4.78, 5) is 20.6. The summed E-state index contributed by atoms with van der Waals surface area (Å²) in [5.41, 5.74) is 4.30. The number of benzene rings is 2. The molecule has 0 atom stereocenters. The number of carbonyl (C=O) groups is 1. The molecule has 3 rings (SSSR count). The third kappa shape index (κ3) is 3.95. The van der Waals surface area contributed by atoms with Crippen LogP contribution in [0.3, 0.4) is 0 Å². The van der Waals surface area contributed by atoms with Crippen molar-refractivity contribution < 1.29 is 4.79 Å². The first-order valence-electron chi connectivity index (χ1n) is 7.64. The van der Waals surface area contributed by atoms with Gasteiger partial charge in [-0.15, -0.1) is 0 Å².